The van der Waals surface area contributed by atoms with Crippen molar-refractivity contribution in [2.75, 3.05) is 14.7 Å². The van der Waals surface area contributed by atoms with Gasteiger partial charge in [-0.05, 0) is 164 Å². The number of aromatic nitrogens is 2. The Morgan fingerprint density at radius 1 is 0.255 bits per heavy atom. The molecule has 106 heavy (non-hydrogen) atoms. The van der Waals surface area contributed by atoms with E-state index in [1.807, 2.05) is 0 Å². The van der Waals surface area contributed by atoms with Crippen LogP contribution in [0.3, 0.4) is 0 Å². The predicted octanol–water partition coefficient (Wildman–Crippen LogP) is 25.1. The Morgan fingerprint density at radius 3 is 1.11 bits per heavy atom. The third kappa shape index (κ3) is 10.2. The lowest BCUT2D eigenvalue weighted by atomic mass is 9.33. The molecule has 0 spiro atoms. The fourth-order valence-electron chi connectivity index (χ4n) is 17.2. The standard InChI is InChI=1S/C100H72BN5/c1-100(2,3)73-61-84(70-38-17-7-18-39-70)99(85(62-73)71-40-19-8-20-41-71)105-93-60-72(67-32-11-4-12-33-67)54-57-87(93)101-88-58-55-77(103-91-53-30-27-48-83(91)86-63-76(56-59-92(86)103)102(74-42-21-9-22-43-74)75-44-23-10-24-45-75)64-94(88)106(98-79(68-34-13-5-14-35-68)49-31-50-80(98)69-36-15-6-16-37-69)96-66-78(65-95(105)97(96)101)104-89-51-28-25-46-81(89)82-47-26-29-52-90(82)104/h4-66H,1-3H3. The molecule has 0 unspecified atom stereocenters. The predicted molar refractivity (Wildman–Crippen MR) is 450 cm³/mol. The van der Waals surface area contributed by atoms with Crippen molar-refractivity contribution in [3.05, 3.63) is 388 Å². The maximum atomic E-state index is 2.70. The van der Waals surface area contributed by atoms with E-state index in [9.17, 15) is 0 Å². The molecule has 16 aromatic carbocycles. The number of benzene rings is 16. The zero-order chi connectivity index (χ0) is 70.6. The number of hydrogen-bond donors (Lipinski definition) is 0. The summed E-state index contributed by atoms with van der Waals surface area (Å²) in [5.41, 5.74) is 32.6. The maximum Gasteiger partial charge on any atom is 0.252 e. The molecule has 6 heteroatoms. The van der Waals surface area contributed by atoms with Gasteiger partial charge in [-0.15, -0.1) is 0 Å². The van der Waals surface area contributed by atoms with E-state index in [0.29, 0.717) is 0 Å². The molecule has 20 rings (SSSR count). The van der Waals surface area contributed by atoms with Crippen LogP contribution in [-0.2, 0) is 5.41 Å². The summed E-state index contributed by atoms with van der Waals surface area (Å²) in [5.74, 6) is 0. The number of anilines is 9. The van der Waals surface area contributed by atoms with Gasteiger partial charge in [-0.25, -0.2) is 0 Å². The third-order valence-corrected chi connectivity index (χ3v) is 22.0. The zero-order valence-corrected chi connectivity index (χ0v) is 59.2. The van der Waals surface area contributed by atoms with Crippen molar-refractivity contribution in [1.82, 2.24) is 9.13 Å². The van der Waals surface area contributed by atoms with Crippen molar-refractivity contribution >= 4 is 118 Å². The van der Waals surface area contributed by atoms with Gasteiger partial charge in [-0.2, -0.15) is 0 Å². The fourth-order valence-corrected chi connectivity index (χ4v) is 17.2. The van der Waals surface area contributed by atoms with E-state index >= 15 is 0 Å². The van der Waals surface area contributed by atoms with Crippen LogP contribution in [0.2, 0.25) is 0 Å². The maximum absolute atomic E-state index is 2.70. The van der Waals surface area contributed by atoms with Crippen molar-refractivity contribution in [2.45, 2.75) is 26.2 Å². The Hall–Kier alpha value is -13.4. The Balaban J connectivity index is 0.950. The first-order valence-corrected chi connectivity index (χ1v) is 36.8. The minimum atomic E-state index is -0.269. The summed E-state index contributed by atoms with van der Waals surface area (Å²) in [4.78, 5) is 7.77. The molecule has 2 aliphatic rings. The second-order valence-electron chi connectivity index (χ2n) is 29.2. The molecule has 2 aromatic heterocycles. The van der Waals surface area contributed by atoms with Gasteiger partial charge in [0.15, 0.2) is 0 Å². The molecule has 500 valence electrons. The van der Waals surface area contributed by atoms with Gasteiger partial charge in [-0.3, -0.25) is 0 Å². The quantitative estimate of drug-likeness (QED) is 0.114. The van der Waals surface area contributed by atoms with Gasteiger partial charge in [0.25, 0.3) is 6.71 Å². The summed E-state index contributed by atoms with van der Waals surface area (Å²) in [5, 5.41) is 4.75. The smallest absolute Gasteiger partial charge is 0.252 e. The van der Waals surface area contributed by atoms with Crippen LogP contribution in [0.25, 0.3) is 111 Å². The Bertz CT molecular complexity index is 6210. The van der Waals surface area contributed by atoms with Gasteiger partial charge in [-0.1, -0.05) is 300 Å². The first kappa shape index (κ1) is 62.4. The molecular formula is C100H72BN5. The molecule has 0 N–H and O–H groups in total. The molecule has 0 aliphatic carbocycles. The number of rotatable bonds is 12. The van der Waals surface area contributed by atoms with Crippen molar-refractivity contribution < 1.29 is 0 Å². The van der Waals surface area contributed by atoms with E-state index in [1.165, 1.54) is 43.5 Å². The lowest BCUT2D eigenvalue weighted by Gasteiger charge is -2.46. The number of nitrogens with zero attached hydrogens (tertiary/aromatic N) is 5. The van der Waals surface area contributed by atoms with Crippen molar-refractivity contribution in [3.63, 3.8) is 0 Å². The minimum Gasteiger partial charge on any atom is -0.310 e. The first-order valence-electron chi connectivity index (χ1n) is 36.8. The summed E-state index contributed by atoms with van der Waals surface area (Å²) < 4.78 is 5.05. The normalized spacial score (nSPS) is 12.4. The summed E-state index contributed by atoms with van der Waals surface area (Å²) >= 11 is 0. The monoisotopic (exact) mass is 1350 g/mol. The molecule has 0 atom stereocenters. The Morgan fingerprint density at radius 2 is 0.632 bits per heavy atom. The van der Waals surface area contributed by atoms with Crippen LogP contribution in [-0.4, -0.2) is 15.8 Å². The molecule has 0 fully saturated rings. The van der Waals surface area contributed by atoms with Crippen LogP contribution in [0, 0.1) is 0 Å². The highest BCUT2D eigenvalue weighted by Crippen LogP contribution is 2.55. The number of hydrogen-bond acceptors (Lipinski definition) is 3. The summed E-state index contributed by atoms with van der Waals surface area (Å²) in [6.07, 6.45) is 0. The molecule has 0 saturated heterocycles. The van der Waals surface area contributed by atoms with Crippen LogP contribution in [0.4, 0.5) is 51.2 Å². The van der Waals surface area contributed by atoms with E-state index < -0.39 is 0 Å². The molecule has 0 radical (unpaired) electrons. The van der Waals surface area contributed by atoms with Gasteiger partial charge in [0, 0.05) is 89.3 Å². The van der Waals surface area contributed by atoms with Crippen LogP contribution in [0.15, 0.2) is 382 Å². The highest BCUT2D eigenvalue weighted by atomic mass is 15.2. The van der Waals surface area contributed by atoms with E-state index in [0.717, 1.165) is 140 Å². The average molecular weight is 1350 g/mol. The van der Waals surface area contributed by atoms with Crippen LogP contribution in [0.1, 0.15) is 26.3 Å². The minimum absolute atomic E-state index is 0.202. The molecular weight excluding hydrogens is 1280 g/mol. The summed E-state index contributed by atoms with van der Waals surface area (Å²) in [6, 6.07) is 143. The van der Waals surface area contributed by atoms with Gasteiger partial charge in [0.1, 0.15) is 0 Å². The van der Waals surface area contributed by atoms with E-state index in [1.54, 1.807) is 0 Å². The van der Waals surface area contributed by atoms with Gasteiger partial charge in [0.2, 0.25) is 0 Å². The van der Waals surface area contributed by atoms with E-state index in [2.05, 4.69) is 427 Å². The fraction of sp³-hybridized carbons (Fsp3) is 0.0400. The summed E-state index contributed by atoms with van der Waals surface area (Å²) in [6.45, 7) is 6.78. The molecule has 0 bridgehead atoms. The van der Waals surface area contributed by atoms with Crippen LogP contribution in [0.5, 0.6) is 0 Å². The first-order chi connectivity index (χ1) is 52.3. The van der Waals surface area contributed by atoms with Crippen molar-refractivity contribution in [1.29, 1.82) is 0 Å². The molecule has 0 amide bonds. The van der Waals surface area contributed by atoms with Crippen LogP contribution >= 0.6 is 0 Å². The van der Waals surface area contributed by atoms with Crippen molar-refractivity contribution in [3.8, 4) is 67.0 Å². The zero-order valence-electron chi connectivity index (χ0n) is 59.2. The van der Waals surface area contributed by atoms with Gasteiger partial charge >= 0.3 is 0 Å². The van der Waals surface area contributed by atoms with Crippen LogP contribution < -0.4 is 31.1 Å². The molecule has 0 saturated carbocycles. The molecule has 2 aliphatic heterocycles. The lowest BCUT2D eigenvalue weighted by molar-refractivity contribution is 0.591. The topological polar surface area (TPSA) is 19.6 Å². The van der Waals surface area contributed by atoms with Crippen molar-refractivity contribution in [2.24, 2.45) is 0 Å². The SMILES string of the molecule is CC(C)(C)c1cc(-c2ccccc2)c(N2c3cc(-c4ccccc4)ccc3B3c4ccc(-n5c6ccccc6c6cc(N(c7ccccc7)c7ccccc7)ccc65)cc4N(c4c(-c5ccccc5)cccc4-c4ccccc4)c4cc(-n5c6ccccc6c6ccccc65)cc2c43)c(-c2ccccc2)c1. The average Bonchev–Trinajstić information content (AvgIpc) is 0.802. The molecule has 4 heterocycles. The number of fused-ring (bicyclic) bond motifs is 10. The summed E-state index contributed by atoms with van der Waals surface area (Å²) in [7, 11) is 0. The lowest BCUT2D eigenvalue weighted by Crippen LogP contribution is -2.61. The van der Waals surface area contributed by atoms with Gasteiger partial charge < -0.3 is 23.8 Å². The second kappa shape index (κ2) is 25.2. The Kier molecular flexibility index (Phi) is 14.8. The highest BCUT2D eigenvalue weighted by molar-refractivity contribution is 7.00. The van der Waals surface area contributed by atoms with E-state index in [4.69, 9.17) is 0 Å². The third-order valence-electron chi connectivity index (χ3n) is 22.0. The molecule has 5 nitrogen and oxygen atoms in total. The number of para-hydroxylation sites is 6. The van der Waals surface area contributed by atoms with Gasteiger partial charge in [0.05, 0.1) is 39.1 Å². The second-order valence-corrected chi connectivity index (χ2v) is 29.2. The Labute approximate surface area is 618 Å². The molecule has 18 aromatic rings. The highest BCUT2D eigenvalue weighted by Gasteiger charge is 2.46. The largest absolute Gasteiger partial charge is 0.310 e. The van der Waals surface area contributed by atoms with E-state index in [-0.39, 0.29) is 12.1 Å².